The van der Waals surface area contributed by atoms with Crippen molar-refractivity contribution in [3.63, 3.8) is 0 Å². The molecule has 0 aromatic heterocycles. The third kappa shape index (κ3) is 35.0. The first-order valence-corrected chi connectivity index (χ1v) is 19.2. The second kappa shape index (κ2) is 35.2. The van der Waals surface area contributed by atoms with Crippen molar-refractivity contribution in [3.05, 3.63) is 12.2 Å². The van der Waals surface area contributed by atoms with E-state index < -0.39 is 5.97 Å². The van der Waals surface area contributed by atoms with Gasteiger partial charge in [-0.1, -0.05) is 161 Å². The Bertz CT molecular complexity index is 614. The van der Waals surface area contributed by atoms with Crippen molar-refractivity contribution in [1.82, 2.24) is 0 Å². The van der Waals surface area contributed by atoms with Crippen molar-refractivity contribution < 1.29 is 19.4 Å². The zero-order chi connectivity index (χ0) is 31.5. The van der Waals surface area contributed by atoms with Gasteiger partial charge in [0.2, 0.25) is 0 Å². The quantitative estimate of drug-likeness (QED) is 0.0443. The maximum Gasteiger partial charge on any atom is 0.306 e. The van der Waals surface area contributed by atoms with Crippen molar-refractivity contribution in [2.75, 3.05) is 0 Å². The molecule has 0 bridgehead atoms. The standard InChI is InChI=1S/C39H74O4/c1-3-5-7-8-9-10-11-19-22-25-28-32-36-39(42)43-37(33-29-6-4-2)34-30-26-23-20-17-15-13-12-14-16-18-21-24-27-31-35-38(40)41/h8-9,37H,3-7,10-36H2,1-2H3,(H,40,41)/b9-8-. The third-order valence-electron chi connectivity index (χ3n) is 8.74. The summed E-state index contributed by atoms with van der Waals surface area (Å²) in [5.74, 6) is -0.627. The number of hydrogen-bond acceptors (Lipinski definition) is 3. The molecule has 4 heteroatoms. The van der Waals surface area contributed by atoms with E-state index in [1.54, 1.807) is 0 Å². The molecule has 0 aliphatic carbocycles. The summed E-state index contributed by atoms with van der Waals surface area (Å²) >= 11 is 0. The van der Waals surface area contributed by atoms with Gasteiger partial charge in [0.1, 0.15) is 6.10 Å². The molecule has 0 rings (SSSR count). The highest BCUT2D eigenvalue weighted by molar-refractivity contribution is 5.69. The molecule has 0 aliphatic rings. The fourth-order valence-corrected chi connectivity index (χ4v) is 5.87. The maximum atomic E-state index is 12.5. The summed E-state index contributed by atoms with van der Waals surface area (Å²) in [6.45, 7) is 4.48. The fraction of sp³-hybridized carbons (Fsp3) is 0.897. The Balaban J connectivity index is 3.69. The molecule has 1 atom stereocenters. The summed E-state index contributed by atoms with van der Waals surface area (Å²) < 4.78 is 5.96. The van der Waals surface area contributed by atoms with Crippen molar-refractivity contribution in [3.8, 4) is 0 Å². The van der Waals surface area contributed by atoms with Gasteiger partial charge in [-0.3, -0.25) is 9.59 Å². The molecule has 1 N–H and O–H groups in total. The van der Waals surface area contributed by atoms with Gasteiger partial charge in [0.05, 0.1) is 0 Å². The fourth-order valence-electron chi connectivity index (χ4n) is 5.87. The van der Waals surface area contributed by atoms with E-state index in [0.29, 0.717) is 12.8 Å². The molecule has 0 radical (unpaired) electrons. The number of unbranched alkanes of at least 4 members (excludes halogenated alkanes) is 24. The molecule has 1 unspecified atom stereocenters. The number of rotatable bonds is 35. The molecular weight excluding hydrogens is 532 g/mol. The van der Waals surface area contributed by atoms with E-state index in [-0.39, 0.29) is 12.1 Å². The van der Waals surface area contributed by atoms with Crippen molar-refractivity contribution >= 4 is 11.9 Å². The van der Waals surface area contributed by atoms with Gasteiger partial charge in [-0.25, -0.2) is 0 Å². The number of carbonyl (C=O) groups is 2. The van der Waals surface area contributed by atoms with E-state index >= 15 is 0 Å². The number of carboxylic acid groups (broad SMARTS) is 1. The monoisotopic (exact) mass is 607 g/mol. The lowest BCUT2D eigenvalue weighted by molar-refractivity contribution is -0.150. The second-order valence-electron chi connectivity index (χ2n) is 13.1. The minimum Gasteiger partial charge on any atom is -0.481 e. The third-order valence-corrected chi connectivity index (χ3v) is 8.74. The number of esters is 1. The Morgan fingerprint density at radius 1 is 0.488 bits per heavy atom. The van der Waals surface area contributed by atoms with Crippen LogP contribution in [0.15, 0.2) is 12.2 Å². The first kappa shape index (κ1) is 41.7. The highest BCUT2D eigenvalue weighted by Gasteiger charge is 2.14. The van der Waals surface area contributed by atoms with Gasteiger partial charge in [-0.05, 0) is 57.8 Å². The normalized spacial score (nSPS) is 12.2. The van der Waals surface area contributed by atoms with Crippen LogP contribution in [0.5, 0.6) is 0 Å². The van der Waals surface area contributed by atoms with Gasteiger partial charge >= 0.3 is 11.9 Å². The van der Waals surface area contributed by atoms with E-state index in [0.717, 1.165) is 38.5 Å². The molecule has 0 aliphatic heterocycles. The van der Waals surface area contributed by atoms with Crippen LogP contribution in [-0.2, 0) is 14.3 Å². The zero-order valence-corrected chi connectivity index (χ0v) is 29.0. The molecule has 0 saturated carbocycles. The number of aliphatic carboxylic acids is 1. The van der Waals surface area contributed by atoms with E-state index in [4.69, 9.17) is 9.84 Å². The smallest absolute Gasteiger partial charge is 0.306 e. The molecule has 0 aromatic carbocycles. The van der Waals surface area contributed by atoms with Crippen molar-refractivity contribution in [1.29, 1.82) is 0 Å². The zero-order valence-electron chi connectivity index (χ0n) is 29.0. The summed E-state index contributed by atoms with van der Waals surface area (Å²) in [6, 6.07) is 0. The lowest BCUT2D eigenvalue weighted by Gasteiger charge is -2.18. The van der Waals surface area contributed by atoms with Crippen LogP contribution < -0.4 is 0 Å². The van der Waals surface area contributed by atoms with E-state index in [2.05, 4.69) is 26.0 Å². The molecule has 0 fully saturated rings. The van der Waals surface area contributed by atoms with Gasteiger partial charge < -0.3 is 9.84 Å². The lowest BCUT2D eigenvalue weighted by Crippen LogP contribution is -2.18. The van der Waals surface area contributed by atoms with Crippen molar-refractivity contribution in [2.24, 2.45) is 0 Å². The van der Waals surface area contributed by atoms with Crippen LogP contribution >= 0.6 is 0 Å². The topological polar surface area (TPSA) is 63.6 Å². The van der Waals surface area contributed by atoms with Gasteiger partial charge in [-0.15, -0.1) is 0 Å². The van der Waals surface area contributed by atoms with Crippen LogP contribution in [0.2, 0.25) is 0 Å². The summed E-state index contributed by atoms with van der Waals surface area (Å²) in [6.07, 6.45) is 42.7. The lowest BCUT2D eigenvalue weighted by atomic mass is 10.0. The Hall–Kier alpha value is -1.32. The first-order chi connectivity index (χ1) is 21.1. The molecule has 254 valence electrons. The number of hydrogen-bond donors (Lipinski definition) is 1. The number of carboxylic acids is 1. The Morgan fingerprint density at radius 3 is 1.33 bits per heavy atom. The summed E-state index contributed by atoms with van der Waals surface area (Å²) in [7, 11) is 0. The average Bonchev–Trinajstić information content (AvgIpc) is 2.99. The van der Waals surface area contributed by atoms with Crippen molar-refractivity contribution in [2.45, 2.75) is 225 Å². The predicted octanol–water partition coefficient (Wildman–Crippen LogP) is 13.1. The minimum atomic E-state index is -0.664. The predicted molar refractivity (Wildman–Crippen MR) is 186 cm³/mol. The van der Waals surface area contributed by atoms with E-state index in [1.165, 1.54) is 154 Å². The van der Waals surface area contributed by atoms with Crippen LogP contribution in [0.1, 0.15) is 219 Å². The number of ether oxygens (including phenoxy) is 1. The Kier molecular flexibility index (Phi) is 34.1. The SMILES string of the molecule is CCCC/C=C\CCCCCCCCC(=O)OC(CCCCC)CCCCCCCCCCCCCCCCCC(=O)O. The van der Waals surface area contributed by atoms with Crippen LogP contribution in [0.4, 0.5) is 0 Å². The summed E-state index contributed by atoms with van der Waals surface area (Å²) in [4.78, 5) is 23.0. The summed E-state index contributed by atoms with van der Waals surface area (Å²) in [5.41, 5.74) is 0. The molecule has 0 saturated heterocycles. The Labute approximate surface area is 268 Å². The van der Waals surface area contributed by atoms with Gasteiger partial charge in [0, 0.05) is 12.8 Å². The van der Waals surface area contributed by atoms with E-state index in [1.807, 2.05) is 0 Å². The highest BCUT2D eigenvalue weighted by atomic mass is 16.5. The van der Waals surface area contributed by atoms with Gasteiger partial charge in [0.15, 0.2) is 0 Å². The molecule has 4 nitrogen and oxygen atoms in total. The van der Waals surface area contributed by atoms with Gasteiger partial charge in [0.25, 0.3) is 0 Å². The minimum absolute atomic E-state index is 0.0365. The molecule has 43 heavy (non-hydrogen) atoms. The molecular formula is C39H74O4. The largest absolute Gasteiger partial charge is 0.481 e. The van der Waals surface area contributed by atoms with Crippen LogP contribution in [-0.4, -0.2) is 23.1 Å². The summed E-state index contributed by atoms with van der Waals surface area (Å²) in [5, 5.41) is 8.66. The average molecular weight is 607 g/mol. The van der Waals surface area contributed by atoms with Crippen LogP contribution in [0.3, 0.4) is 0 Å². The molecule has 0 amide bonds. The molecule has 0 aromatic rings. The molecule has 0 heterocycles. The number of allylic oxidation sites excluding steroid dienone is 2. The second-order valence-corrected chi connectivity index (χ2v) is 13.1. The first-order valence-electron chi connectivity index (χ1n) is 19.2. The molecule has 0 spiro atoms. The van der Waals surface area contributed by atoms with Gasteiger partial charge in [-0.2, -0.15) is 0 Å². The Morgan fingerprint density at radius 2 is 0.860 bits per heavy atom. The highest BCUT2D eigenvalue weighted by Crippen LogP contribution is 2.18. The maximum absolute atomic E-state index is 12.5. The number of carbonyl (C=O) groups excluding carboxylic acids is 1. The van der Waals surface area contributed by atoms with E-state index in [9.17, 15) is 9.59 Å². The van der Waals surface area contributed by atoms with Crippen LogP contribution in [0.25, 0.3) is 0 Å². The van der Waals surface area contributed by atoms with Crippen LogP contribution in [0, 0.1) is 0 Å².